The molecule has 1 aliphatic carbocycles. The summed E-state index contributed by atoms with van der Waals surface area (Å²) in [5.41, 5.74) is 5.23. The van der Waals surface area contributed by atoms with Gasteiger partial charge in [0, 0.05) is 33.6 Å². The van der Waals surface area contributed by atoms with Crippen LogP contribution in [0.5, 0.6) is 11.5 Å². The Kier molecular flexibility index (Phi) is 11.2. The van der Waals surface area contributed by atoms with Crippen LogP contribution in [0.4, 0.5) is 0 Å². The first kappa shape index (κ1) is 34.8. The topological polar surface area (TPSA) is 36.9 Å². The Hall–Kier alpha value is -2.48. The molecule has 4 aliphatic rings. The molecule has 0 bridgehead atoms. The summed E-state index contributed by atoms with van der Waals surface area (Å²) < 4.78 is 26.8. The third-order valence-corrected chi connectivity index (χ3v) is 14.5. The van der Waals surface area contributed by atoms with Gasteiger partial charge >= 0.3 is 0 Å². The summed E-state index contributed by atoms with van der Waals surface area (Å²) in [6.07, 6.45) is 13.7. The van der Waals surface area contributed by atoms with Gasteiger partial charge in [0.15, 0.2) is 5.79 Å². The monoisotopic (exact) mass is 658 g/mol. The minimum Gasteiger partial charge on any atom is -0.461 e. The van der Waals surface area contributed by atoms with Crippen molar-refractivity contribution in [1.29, 1.82) is 0 Å². The molecule has 246 valence electrons. The van der Waals surface area contributed by atoms with Gasteiger partial charge in [-0.1, -0.05) is 80.3 Å². The molecule has 1 saturated heterocycles. The van der Waals surface area contributed by atoms with E-state index in [1.165, 1.54) is 43.5 Å². The molecule has 4 nitrogen and oxygen atoms in total. The quantitative estimate of drug-likeness (QED) is 0.278. The summed E-state index contributed by atoms with van der Waals surface area (Å²) in [6.45, 7) is 21.4. The number of allylic oxidation sites excluding steroid dienone is 9. The van der Waals surface area contributed by atoms with Crippen molar-refractivity contribution in [3.63, 3.8) is 0 Å². The molecule has 6 rings (SSSR count). The first-order valence-electron chi connectivity index (χ1n) is 17.0. The Labute approximate surface area is 280 Å². The first-order chi connectivity index (χ1) is 22.1. The summed E-state index contributed by atoms with van der Waals surface area (Å²) in [5, 5.41) is 5.27. The Morgan fingerprint density at radius 1 is 0.848 bits per heavy atom. The van der Waals surface area contributed by atoms with Gasteiger partial charge in [0.25, 0.3) is 0 Å². The third-order valence-electron chi connectivity index (χ3n) is 9.15. The van der Waals surface area contributed by atoms with E-state index >= 15 is 0 Å². The van der Waals surface area contributed by atoms with E-state index in [1.54, 1.807) is 0 Å². The second kappa shape index (κ2) is 14.7. The predicted molar refractivity (Wildman–Crippen MR) is 197 cm³/mol. The highest BCUT2D eigenvalue weighted by atomic mass is 31.1. The molecule has 0 radical (unpaired) electrons. The van der Waals surface area contributed by atoms with Gasteiger partial charge in [-0.2, -0.15) is 0 Å². The van der Waals surface area contributed by atoms with Crippen molar-refractivity contribution in [3.05, 3.63) is 105 Å². The second-order valence-corrected chi connectivity index (χ2v) is 17.2. The number of hydrogen-bond acceptors (Lipinski definition) is 4. The number of fused-ring (bicyclic) bond motifs is 3. The van der Waals surface area contributed by atoms with Crippen LogP contribution in [-0.4, -0.2) is 30.3 Å². The lowest BCUT2D eigenvalue weighted by molar-refractivity contribution is -0.159. The van der Waals surface area contributed by atoms with Gasteiger partial charge in [-0.15, -0.1) is 0 Å². The molecule has 0 saturated carbocycles. The van der Waals surface area contributed by atoms with E-state index < -0.39 is 21.6 Å². The molecule has 0 spiro atoms. The predicted octanol–water partition coefficient (Wildman–Crippen LogP) is 11.0. The van der Waals surface area contributed by atoms with Gasteiger partial charge in [0.2, 0.25) is 0 Å². The van der Waals surface area contributed by atoms with Crippen molar-refractivity contribution in [2.24, 2.45) is 0 Å². The Morgan fingerprint density at radius 3 is 2.00 bits per heavy atom. The van der Waals surface area contributed by atoms with Crippen LogP contribution in [0.3, 0.4) is 0 Å². The summed E-state index contributed by atoms with van der Waals surface area (Å²) >= 11 is 0. The van der Waals surface area contributed by atoms with Gasteiger partial charge in [0.05, 0.1) is 12.2 Å². The van der Waals surface area contributed by atoms with Crippen LogP contribution in [0.2, 0.25) is 0 Å². The number of hydrogen-bond donors (Lipinski definition) is 0. The molecule has 3 aliphatic heterocycles. The maximum absolute atomic E-state index is 6.95. The summed E-state index contributed by atoms with van der Waals surface area (Å²) in [4.78, 5) is 0. The van der Waals surface area contributed by atoms with E-state index in [1.807, 2.05) is 13.8 Å². The van der Waals surface area contributed by atoms with E-state index in [0.29, 0.717) is 0 Å². The molecular weight excluding hydrogens is 606 g/mol. The van der Waals surface area contributed by atoms with Crippen molar-refractivity contribution >= 4 is 26.5 Å². The van der Waals surface area contributed by atoms with Crippen LogP contribution in [0.1, 0.15) is 85.8 Å². The van der Waals surface area contributed by atoms with Crippen molar-refractivity contribution in [1.82, 2.24) is 0 Å². The minimum atomic E-state index is -0.714. The fourth-order valence-corrected chi connectivity index (χ4v) is 11.9. The average Bonchev–Trinajstić information content (AvgIpc) is 3.24. The lowest BCUT2D eigenvalue weighted by Gasteiger charge is -2.34. The van der Waals surface area contributed by atoms with Gasteiger partial charge in [-0.25, -0.2) is 0 Å². The van der Waals surface area contributed by atoms with Crippen LogP contribution in [0.25, 0.3) is 0 Å². The molecule has 4 atom stereocenters. The lowest BCUT2D eigenvalue weighted by Crippen LogP contribution is -2.34. The molecule has 46 heavy (non-hydrogen) atoms. The van der Waals surface area contributed by atoms with Crippen LogP contribution < -0.4 is 15.3 Å². The van der Waals surface area contributed by atoms with Crippen molar-refractivity contribution in [3.8, 4) is 11.5 Å². The summed E-state index contributed by atoms with van der Waals surface area (Å²) in [5.74, 6) is 3.35. The molecule has 2 aromatic rings. The molecular formula is C40H52O4P2. The summed E-state index contributed by atoms with van der Waals surface area (Å²) in [6, 6.07) is 13.2. The Morgan fingerprint density at radius 2 is 1.43 bits per heavy atom. The van der Waals surface area contributed by atoms with E-state index in [9.17, 15) is 0 Å². The van der Waals surface area contributed by atoms with E-state index in [2.05, 4.69) is 116 Å². The zero-order valence-electron chi connectivity index (χ0n) is 29.5. The van der Waals surface area contributed by atoms with Crippen LogP contribution in [-0.2, 0) is 14.2 Å². The normalized spacial score (nSPS) is 25.8. The molecule has 0 aromatic heterocycles. The van der Waals surface area contributed by atoms with Crippen molar-refractivity contribution in [2.75, 3.05) is 12.3 Å². The second-order valence-electron chi connectivity index (χ2n) is 12.8. The van der Waals surface area contributed by atoms with Crippen LogP contribution in [0.15, 0.2) is 94.0 Å². The molecule has 2 aromatic carbocycles. The smallest absolute Gasteiger partial charge is 0.166 e. The van der Waals surface area contributed by atoms with Gasteiger partial charge in [-0.05, 0) is 107 Å². The molecule has 0 amide bonds. The average molecular weight is 659 g/mol. The maximum Gasteiger partial charge on any atom is 0.166 e. The molecule has 6 heteroatoms. The minimum absolute atomic E-state index is 0.0337. The van der Waals surface area contributed by atoms with Crippen molar-refractivity contribution < 1.29 is 18.9 Å². The maximum atomic E-state index is 6.95. The number of aryl methyl sites for hydroxylation is 2. The molecule has 3 unspecified atom stereocenters. The van der Waals surface area contributed by atoms with Gasteiger partial charge in [0.1, 0.15) is 23.0 Å². The standard InChI is InChI=1S/C38H46O4P2.C2H6/c1-9-24(3)19-35-28(7)39-29-15-11-25(4)14-18-34(29)43(35)22-32-33(42-38(8,10-2)41-32)23-44-36-20-26(5)12-16-30(36)40-31-17-13-27(6)21-37(31)44;1-2/h11-13,15-21,32-33H,9-10,14,22-23H2,1-8H3;1-2H3/b24-19-;/t32?,33-,38?,43?;/m0./s1. The fraction of sp³-hybridized carbons (Fsp3) is 0.450. The van der Waals surface area contributed by atoms with E-state index in [-0.39, 0.29) is 12.2 Å². The highest BCUT2D eigenvalue weighted by Gasteiger charge is 2.47. The summed E-state index contributed by atoms with van der Waals surface area (Å²) in [7, 11) is -1.42. The van der Waals surface area contributed by atoms with Gasteiger partial charge < -0.3 is 18.9 Å². The number of benzene rings is 2. The SMILES string of the molecule is CC.CC/C(C)=C\C1=C(C)OC2=CC=C(C)CC=C2P1CC1OC(C)(CC)O[C@H]1CP1c2cc(C)ccc2Oc2ccc(C)cc21. The zero-order valence-corrected chi connectivity index (χ0v) is 31.3. The molecule has 0 N–H and O–H groups in total. The molecule has 1 fully saturated rings. The highest BCUT2D eigenvalue weighted by Crippen LogP contribution is 2.62. The molecule has 3 heterocycles. The largest absolute Gasteiger partial charge is 0.461 e. The van der Waals surface area contributed by atoms with Crippen LogP contribution >= 0.6 is 15.8 Å². The zero-order chi connectivity index (χ0) is 33.2. The van der Waals surface area contributed by atoms with Crippen LogP contribution in [0, 0.1) is 13.8 Å². The van der Waals surface area contributed by atoms with E-state index in [0.717, 1.165) is 54.6 Å². The Balaban J connectivity index is 0.00000204. The number of ether oxygens (including phenoxy) is 4. The van der Waals surface area contributed by atoms with E-state index in [4.69, 9.17) is 18.9 Å². The Bertz CT molecular complexity index is 1560. The van der Waals surface area contributed by atoms with Gasteiger partial charge in [-0.3, -0.25) is 0 Å². The first-order valence-corrected chi connectivity index (χ1v) is 20.1. The number of rotatable bonds is 7. The lowest BCUT2D eigenvalue weighted by atomic mass is 10.2. The van der Waals surface area contributed by atoms with Crippen molar-refractivity contribution in [2.45, 2.75) is 106 Å². The fourth-order valence-electron chi connectivity index (χ4n) is 6.26. The highest BCUT2D eigenvalue weighted by molar-refractivity contribution is 7.73. The third kappa shape index (κ3) is 7.32.